The van der Waals surface area contributed by atoms with Gasteiger partial charge in [-0.1, -0.05) is 5.16 Å². The first-order chi connectivity index (χ1) is 9.09. The molecule has 0 atom stereocenters. The summed E-state index contributed by atoms with van der Waals surface area (Å²) in [4.78, 5) is 11.8. The SMILES string of the molecule is Cc1nsnc1C(=O)NCCCc1c(C)noc1C. The zero-order chi connectivity index (χ0) is 13.8. The summed E-state index contributed by atoms with van der Waals surface area (Å²) in [5, 5.41) is 6.74. The van der Waals surface area contributed by atoms with Gasteiger partial charge in [0.05, 0.1) is 23.1 Å². The van der Waals surface area contributed by atoms with Crippen LogP contribution < -0.4 is 5.32 Å². The normalized spacial score (nSPS) is 10.7. The number of nitrogens with one attached hydrogen (secondary N) is 1. The number of hydrogen-bond acceptors (Lipinski definition) is 6. The molecule has 0 aliphatic heterocycles. The average molecular weight is 280 g/mol. The highest BCUT2D eigenvalue weighted by Gasteiger charge is 2.13. The van der Waals surface area contributed by atoms with E-state index in [1.807, 2.05) is 13.8 Å². The van der Waals surface area contributed by atoms with Crippen LogP contribution in [0.4, 0.5) is 0 Å². The van der Waals surface area contributed by atoms with Crippen molar-refractivity contribution in [2.75, 3.05) is 6.54 Å². The quantitative estimate of drug-likeness (QED) is 0.845. The summed E-state index contributed by atoms with van der Waals surface area (Å²) in [6.45, 7) is 6.20. The molecule has 0 unspecified atom stereocenters. The van der Waals surface area contributed by atoms with E-state index in [9.17, 15) is 4.79 Å². The van der Waals surface area contributed by atoms with Gasteiger partial charge in [0.25, 0.3) is 5.91 Å². The molecule has 0 aromatic carbocycles. The van der Waals surface area contributed by atoms with Crippen LogP contribution in [0.5, 0.6) is 0 Å². The first kappa shape index (κ1) is 13.7. The molecule has 0 aliphatic carbocycles. The second-order valence-corrected chi connectivity index (χ2v) is 4.89. The fraction of sp³-hybridized carbons (Fsp3) is 0.500. The zero-order valence-electron chi connectivity index (χ0n) is 11.2. The van der Waals surface area contributed by atoms with Crippen LogP contribution in [0.3, 0.4) is 0 Å². The van der Waals surface area contributed by atoms with E-state index in [0.717, 1.165) is 41.6 Å². The van der Waals surface area contributed by atoms with Crippen molar-refractivity contribution in [2.45, 2.75) is 33.6 Å². The number of hydrogen-bond donors (Lipinski definition) is 1. The third-order valence-electron chi connectivity index (χ3n) is 2.94. The Kier molecular flexibility index (Phi) is 4.26. The Balaban J connectivity index is 1.79. The van der Waals surface area contributed by atoms with Gasteiger partial charge in [0, 0.05) is 12.1 Å². The minimum absolute atomic E-state index is 0.162. The van der Waals surface area contributed by atoms with E-state index in [0.29, 0.717) is 17.9 Å². The van der Waals surface area contributed by atoms with Gasteiger partial charge in [-0.2, -0.15) is 8.75 Å². The summed E-state index contributed by atoms with van der Waals surface area (Å²) in [6.07, 6.45) is 1.68. The molecule has 0 saturated heterocycles. The highest BCUT2D eigenvalue weighted by atomic mass is 32.1. The van der Waals surface area contributed by atoms with Crippen LogP contribution in [0.1, 0.15) is 39.6 Å². The molecule has 0 spiro atoms. The van der Waals surface area contributed by atoms with Gasteiger partial charge in [0.15, 0.2) is 5.69 Å². The van der Waals surface area contributed by atoms with Crippen LogP contribution >= 0.6 is 11.7 Å². The Morgan fingerprint density at radius 3 is 2.63 bits per heavy atom. The molecule has 0 bridgehead atoms. The third-order valence-corrected chi connectivity index (χ3v) is 3.56. The first-order valence-electron chi connectivity index (χ1n) is 6.08. The van der Waals surface area contributed by atoms with Gasteiger partial charge >= 0.3 is 0 Å². The standard InChI is InChI=1S/C12H16N4O2S/c1-7-10(9(3)18-14-7)5-4-6-13-12(17)11-8(2)15-19-16-11/h4-6H2,1-3H3,(H,13,17). The van der Waals surface area contributed by atoms with Crippen molar-refractivity contribution in [3.05, 3.63) is 28.4 Å². The Labute approximate surface area is 115 Å². The van der Waals surface area contributed by atoms with E-state index in [4.69, 9.17) is 4.52 Å². The number of carbonyl (C=O) groups excluding carboxylic acids is 1. The van der Waals surface area contributed by atoms with Crippen LogP contribution in [0.2, 0.25) is 0 Å². The van der Waals surface area contributed by atoms with Crippen molar-refractivity contribution < 1.29 is 9.32 Å². The van der Waals surface area contributed by atoms with Crippen molar-refractivity contribution in [1.29, 1.82) is 0 Å². The van der Waals surface area contributed by atoms with Gasteiger partial charge in [-0.25, -0.2) is 0 Å². The van der Waals surface area contributed by atoms with E-state index >= 15 is 0 Å². The van der Waals surface area contributed by atoms with Crippen molar-refractivity contribution in [1.82, 2.24) is 19.2 Å². The molecule has 0 aliphatic rings. The maximum absolute atomic E-state index is 11.8. The highest BCUT2D eigenvalue weighted by molar-refractivity contribution is 6.99. The highest BCUT2D eigenvalue weighted by Crippen LogP contribution is 2.13. The van der Waals surface area contributed by atoms with E-state index < -0.39 is 0 Å². The number of nitrogens with zero attached hydrogens (tertiary/aromatic N) is 3. The molecular formula is C12H16N4O2S. The second-order valence-electron chi connectivity index (χ2n) is 4.36. The van der Waals surface area contributed by atoms with Gasteiger partial charge in [-0.15, -0.1) is 0 Å². The molecular weight excluding hydrogens is 264 g/mol. The molecule has 2 rings (SSSR count). The first-order valence-corrected chi connectivity index (χ1v) is 6.81. The maximum atomic E-state index is 11.8. The third kappa shape index (κ3) is 3.17. The van der Waals surface area contributed by atoms with Crippen molar-refractivity contribution in [3.63, 3.8) is 0 Å². The summed E-state index contributed by atoms with van der Waals surface area (Å²) in [5.74, 6) is 0.688. The lowest BCUT2D eigenvalue weighted by Crippen LogP contribution is -2.25. The molecule has 0 fully saturated rings. The number of rotatable bonds is 5. The smallest absolute Gasteiger partial charge is 0.272 e. The Hall–Kier alpha value is -1.76. The number of aryl methyl sites for hydroxylation is 3. The molecule has 1 N–H and O–H groups in total. The number of carbonyl (C=O) groups is 1. The number of aromatic nitrogens is 3. The summed E-state index contributed by atoms with van der Waals surface area (Å²) < 4.78 is 13.0. The molecule has 2 aromatic heterocycles. The van der Waals surface area contributed by atoms with Gasteiger partial charge in [-0.3, -0.25) is 4.79 Å². The predicted molar refractivity (Wildman–Crippen MR) is 71.3 cm³/mol. The number of amides is 1. The monoisotopic (exact) mass is 280 g/mol. The largest absolute Gasteiger partial charge is 0.361 e. The molecule has 2 heterocycles. The maximum Gasteiger partial charge on any atom is 0.272 e. The molecule has 0 saturated carbocycles. The zero-order valence-corrected chi connectivity index (χ0v) is 12.0. The van der Waals surface area contributed by atoms with Gasteiger partial charge in [-0.05, 0) is 33.6 Å². The molecule has 6 nitrogen and oxygen atoms in total. The summed E-state index contributed by atoms with van der Waals surface area (Å²) in [5.41, 5.74) is 3.14. The molecule has 7 heteroatoms. The molecule has 19 heavy (non-hydrogen) atoms. The van der Waals surface area contributed by atoms with E-state index in [1.165, 1.54) is 0 Å². The topological polar surface area (TPSA) is 80.9 Å². The Morgan fingerprint density at radius 2 is 2.05 bits per heavy atom. The fourth-order valence-electron chi connectivity index (χ4n) is 1.85. The lowest BCUT2D eigenvalue weighted by molar-refractivity contribution is 0.0948. The Bertz CT molecular complexity index is 557. The van der Waals surface area contributed by atoms with Crippen molar-refractivity contribution in [2.24, 2.45) is 0 Å². The summed E-state index contributed by atoms with van der Waals surface area (Å²) in [7, 11) is 0. The van der Waals surface area contributed by atoms with Gasteiger partial charge in [0.1, 0.15) is 5.76 Å². The van der Waals surface area contributed by atoms with Gasteiger partial charge < -0.3 is 9.84 Å². The minimum Gasteiger partial charge on any atom is -0.361 e. The molecule has 102 valence electrons. The average Bonchev–Trinajstić information content (AvgIpc) is 2.93. The predicted octanol–water partition coefficient (Wildman–Crippen LogP) is 1.81. The van der Waals surface area contributed by atoms with Gasteiger partial charge in [0.2, 0.25) is 0 Å². The van der Waals surface area contributed by atoms with Crippen LogP contribution in [0.15, 0.2) is 4.52 Å². The minimum atomic E-state index is -0.162. The van der Waals surface area contributed by atoms with Crippen molar-refractivity contribution >= 4 is 17.6 Å². The van der Waals surface area contributed by atoms with E-state index in [-0.39, 0.29) is 5.91 Å². The van der Waals surface area contributed by atoms with Crippen molar-refractivity contribution in [3.8, 4) is 0 Å². The Morgan fingerprint density at radius 1 is 1.26 bits per heavy atom. The van der Waals surface area contributed by atoms with Crippen LogP contribution in [0, 0.1) is 20.8 Å². The fourth-order valence-corrected chi connectivity index (χ4v) is 2.39. The lowest BCUT2D eigenvalue weighted by Gasteiger charge is -2.03. The summed E-state index contributed by atoms with van der Waals surface area (Å²) in [6, 6.07) is 0. The lowest BCUT2D eigenvalue weighted by atomic mass is 10.1. The summed E-state index contributed by atoms with van der Waals surface area (Å²) >= 11 is 1.05. The second kappa shape index (κ2) is 5.92. The van der Waals surface area contributed by atoms with Crippen LogP contribution in [-0.4, -0.2) is 26.4 Å². The van der Waals surface area contributed by atoms with E-state index in [2.05, 4.69) is 19.2 Å². The molecule has 2 aromatic rings. The molecule has 1 amide bonds. The van der Waals surface area contributed by atoms with E-state index in [1.54, 1.807) is 6.92 Å². The molecule has 0 radical (unpaired) electrons. The van der Waals surface area contributed by atoms with Crippen LogP contribution in [-0.2, 0) is 6.42 Å². The van der Waals surface area contributed by atoms with Crippen LogP contribution in [0.25, 0.3) is 0 Å².